The Bertz CT molecular complexity index is 776. The minimum absolute atomic E-state index is 0.107. The van der Waals surface area contributed by atoms with Crippen molar-refractivity contribution in [2.75, 3.05) is 0 Å². The summed E-state index contributed by atoms with van der Waals surface area (Å²) in [6.07, 6.45) is 3.19. The van der Waals surface area contributed by atoms with Crippen LogP contribution >= 0.6 is 8.85 Å². The fourth-order valence-corrected chi connectivity index (χ4v) is 12.8. The molecule has 0 bridgehead atoms. The molecule has 0 saturated heterocycles. The Balaban J connectivity index is 1.69. The number of nitrogens with zero attached hydrogens (tertiary/aromatic N) is 4. The number of rotatable bonds is 3. The molecule has 4 nitrogen and oxygen atoms in total. The predicted octanol–water partition coefficient (Wildman–Crippen LogP) is 1.77. The van der Waals surface area contributed by atoms with Gasteiger partial charge in [-0.1, -0.05) is 0 Å². The summed E-state index contributed by atoms with van der Waals surface area (Å²) >= 11 is -2.01. The van der Waals surface area contributed by atoms with Crippen molar-refractivity contribution in [1.82, 2.24) is 0 Å². The van der Waals surface area contributed by atoms with Gasteiger partial charge in [0.1, 0.15) is 0 Å². The second-order valence-corrected chi connectivity index (χ2v) is 14.2. The zero-order chi connectivity index (χ0) is 15.5. The van der Waals surface area contributed by atoms with Gasteiger partial charge in [-0.2, -0.15) is 0 Å². The Morgan fingerprint density at radius 1 is 0.783 bits per heavy atom. The Morgan fingerprint density at radius 3 is 2.09 bits per heavy atom. The Kier molecular flexibility index (Phi) is 4.40. The average molecular weight is 427 g/mol. The Hall–Kier alpha value is -1.71. The van der Waals surface area contributed by atoms with Crippen LogP contribution in [0, 0.1) is 0 Å². The maximum atomic E-state index is 4.50. The number of fused-ring (bicyclic) bond motifs is 1. The van der Waals surface area contributed by atoms with E-state index in [0.29, 0.717) is 0 Å². The SMILES string of the molecule is C1=NC2=NC=NC2C([S][Sb]([c]2ccccc2)[c]2ccccc2)=N1. The van der Waals surface area contributed by atoms with Crippen LogP contribution in [0.5, 0.6) is 0 Å². The number of amidine groups is 1. The van der Waals surface area contributed by atoms with Crippen molar-refractivity contribution in [1.29, 1.82) is 0 Å². The fraction of sp³-hybridized carbons (Fsp3) is 0.0588. The molecule has 2 aromatic carbocycles. The maximum absolute atomic E-state index is 4.50. The number of benzene rings is 2. The zero-order valence-corrected chi connectivity index (χ0v) is 15.5. The van der Waals surface area contributed by atoms with Crippen LogP contribution in [0.25, 0.3) is 0 Å². The molecule has 1 unspecified atom stereocenters. The number of hydrogen-bond acceptors (Lipinski definition) is 5. The van der Waals surface area contributed by atoms with E-state index in [4.69, 9.17) is 0 Å². The summed E-state index contributed by atoms with van der Waals surface area (Å²) in [5, 5.41) is 1.02. The van der Waals surface area contributed by atoms with E-state index in [1.807, 2.05) is 8.85 Å². The van der Waals surface area contributed by atoms with Crippen LogP contribution in [-0.4, -0.2) is 48.4 Å². The Morgan fingerprint density at radius 2 is 1.43 bits per heavy atom. The van der Waals surface area contributed by atoms with Crippen LogP contribution < -0.4 is 7.02 Å². The summed E-state index contributed by atoms with van der Waals surface area (Å²) in [4.78, 5) is 17.3. The van der Waals surface area contributed by atoms with Crippen LogP contribution in [0.1, 0.15) is 0 Å². The van der Waals surface area contributed by atoms with Gasteiger partial charge in [-0.05, 0) is 0 Å². The minimum atomic E-state index is -2.01. The predicted molar refractivity (Wildman–Crippen MR) is 101 cm³/mol. The first-order valence-electron chi connectivity index (χ1n) is 7.19. The van der Waals surface area contributed by atoms with E-state index in [0.717, 1.165) is 10.9 Å². The van der Waals surface area contributed by atoms with Crippen molar-refractivity contribution in [3.05, 3.63) is 60.7 Å². The van der Waals surface area contributed by atoms with Gasteiger partial charge in [0.15, 0.2) is 0 Å². The molecule has 0 radical (unpaired) electrons. The molecule has 0 spiro atoms. The van der Waals surface area contributed by atoms with E-state index in [1.165, 1.54) is 7.02 Å². The normalized spacial score (nSPS) is 18.7. The van der Waals surface area contributed by atoms with E-state index >= 15 is 0 Å². The molecule has 2 aliphatic heterocycles. The van der Waals surface area contributed by atoms with Crippen molar-refractivity contribution < 1.29 is 0 Å². The molecule has 0 N–H and O–H groups in total. The summed E-state index contributed by atoms with van der Waals surface area (Å²) in [6, 6.07) is 21.4. The average Bonchev–Trinajstić information content (AvgIpc) is 3.11. The van der Waals surface area contributed by atoms with Gasteiger partial charge in [-0.15, -0.1) is 0 Å². The second-order valence-electron chi connectivity index (χ2n) is 4.92. The molecule has 6 heteroatoms. The van der Waals surface area contributed by atoms with Crippen LogP contribution in [0.2, 0.25) is 0 Å². The monoisotopic (exact) mass is 426 g/mol. The van der Waals surface area contributed by atoms with Crippen LogP contribution in [-0.2, 0) is 0 Å². The topological polar surface area (TPSA) is 49.4 Å². The molecule has 23 heavy (non-hydrogen) atoms. The molecule has 0 aliphatic carbocycles. The third-order valence-electron chi connectivity index (χ3n) is 3.43. The quantitative estimate of drug-likeness (QED) is 0.690. The van der Waals surface area contributed by atoms with Gasteiger partial charge in [0, 0.05) is 0 Å². The number of hydrogen-bond donors (Lipinski definition) is 0. The summed E-state index contributed by atoms with van der Waals surface area (Å²) in [5.41, 5.74) is 0. The fourth-order valence-electron chi connectivity index (χ4n) is 2.34. The molecule has 0 saturated carbocycles. The Labute approximate surface area is 144 Å². The molecule has 0 aromatic heterocycles. The van der Waals surface area contributed by atoms with Crippen molar-refractivity contribution >= 4 is 58.2 Å². The standard InChI is InChI=1S/2C6H5.C5H4N4S.Sb/c2*1-2-4-6-5-3-1;10-5-3-4(7-1-6-3)8-2-9-5;/h2*1-5H;1-3H,(H,6,7,8,9,10);/q;;;+1/p-1. The van der Waals surface area contributed by atoms with E-state index in [9.17, 15) is 0 Å². The second kappa shape index (κ2) is 6.81. The molecule has 2 aromatic rings. The molecular formula is C17H13N4SSb. The van der Waals surface area contributed by atoms with Crippen molar-refractivity contribution in [2.45, 2.75) is 6.04 Å². The molecule has 0 fully saturated rings. The van der Waals surface area contributed by atoms with Gasteiger partial charge >= 0.3 is 145 Å². The van der Waals surface area contributed by atoms with Gasteiger partial charge in [0.05, 0.1) is 0 Å². The van der Waals surface area contributed by atoms with Crippen LogP contribution in [0.4, 0.5) is 0 Å². The number of aliphatic imine (C=N–C) groups is 4. The molecule has 2 heterocycles. The third-order valence-corrected chi connectivity index (χ3v) is 14.5. The summed E-state index contributed by atoms with van der Waals surface area (Å²) in [5.74, 6) is 0.754. The summed E-state index contributed by atoms with van der Waals surface area (Å²) < 4.78 is 2.86. The summed E-state index contributed by atoms with van der Waals surface area (Å²) in [6.45, 7) is 0. The van der Waals surface area contributed by atoms with Gasteiger partial charge in [-0.3, -0.25) is 0 Å². The first-order chi connectivity index (χ1) is 11.4. The van der Waals surface area contributed by atoms with Crippen molar-refractivity contribution in [2.24, 2.45) is 20.0 Å². The van der Waals surface area contributed by atoms with Gasteiger partial charge in [0.25, 0.3) is 0 Å². The molecular weight excluding hydrogens is 414 g/mol. The van der Waals surface area contributed by atoms with E-state index in [-0.39, 0.29) is 6.04 Å². The first-order valence-corrected chi connectivity index (χ1v) is 13.6. The van der Waals surface area contributed by atoms with Crippen LogP contribution in [0.15, 0.2) is 80.6 Å². The first kappa shape index (κ1) is 14.9. The van der Waals surface area contributed by atoms with Gasteiger partial charge in [0.2, 0.25) is 0 Å². The van der Waals surface area contributed by atoms with Crippen molar-refractivity contribution in [3.8, 4) is 0 Å². The van der Waals surface area contributed by atoms with E-state index in [2.05, 4.69) is 80.6 Å². The summed E-state index contributed by atoms with van der Waals surface area (Å²) in [7, 11) is 1.90. The van der Waals surface area contributed by atoms with E-state index in [1.54, 1.807) is 12.7 Å². The van der Waals surface area contributed by atoms with E-state index < -0.39 is 18.8 Å². The molecule has 2 aliphatic rings. The third kappa shape index (κ3) is 3.17. The molecule has 0 amide bonds. The zero-order valence-electron chi connectivity index (χ0n) is 12.1. The van der Waals surface area contributed by atoms with Gasteiger partial charge in [-0.25, -0.2) is 0 Å². The molecule has 1 atom stereocenters. The molecule has 4 rings (SSSR count). The molecule has 112 valence electrons. The van der Waals surface area contributed by atoms with Crippen molar-refractivity contribution in [3.63, 3.8) is 0 Å². The van der Waals surface area contributed by atoms with Gasteiger partial charge < -0.3 is 0 Å². The van der Waals surface area contributed by atoms with Crippen LogP contribution in [0.3, 0.4) is 0 Å².